The third kappa shape index (κ3) is 4.23. The lowest BCUT2D eigenvalue weighted by Gasteiger charge is -2.26. The highest BCUT2D eigenvalue weighted by molar-refractivity contribution is 7.99. The third-order valence-electron chi connectivity index (χ3n) is 6.22. The number of benzene rings is 2. The summed E-state index contributed by atoms with van der Waals surface area (Å²) in [6.45, 7) is 4.72. The van der Waals surface area contributed by atoms with Gasteiger partial charge in [0, 0.05) is 30.0 Å². The molecule has 1 aliphatic heterocycles. The number of hydrogen-bond acceptors (Lipinski definition) is 6. The van der Waals surface area contributed by atoms with Gasteiger partial charge in [-0.1, -0.05) is 48.2 Å². The van der Waals surface area contributed by atoms with E-state index in [1.807, 2.05) is 35.7 Å². The number of carbonyl (C=O) groups excluding carboxylic acids is 1. The van der Waals surface area contributed by atoms with Crippen molar-refractivity contribution in [3.05, 3.63) is 74.9 Å². The van der Waals surface area contributed by atoms with Gasteiger partial charge in [0.1, 0.15) is 10.6 Å². The van der Waals surface area contributed by atoms with Gasteiger partial charge in [-0.3, -0.25) is 14.2 Å². The molecule has 34 heavy (non-hydrogen) atoms. The lowest BCUT2D eigenvalue weighted by atomic mass is 10.0. The minimum Gasteiger partial charge on any atom is -0.493 e. The molecule has 3 heterocycles. The van der Waals surface area contributed by atoms with Gasteiger partial charge in [0.05, 0.1) is 23.8 Å². The average Bonchev–Trinajstić information content (AvgIpc) is 3.26. The summed E-state index contributed by atoms with van der Waals surface area (Å²) in [5, 5.41) is 6.26. The molecule has 174 valence electrons. The maximum atomic E-state index is 13.3. The van der Waals surface area contributed by atoms with Crippen LogP contribution in [0.4, 0.5) is 0 Å². The van der Waals surface area contributed by atoms with Crippen LogP contribution in [0.2, 0.25) is 0 Å². The van der Waals surface area contributed by atoms with E-state index in [0.29, 0.717) is 22.0 Å². The number of carbonyl (C=O) groups is 1. The predicted octanol–water partition coefficient (Wildman–Crippen LogP) is 5.01. The van der Waals surface area contributed by atoms with Crippen LogP contribution in [-0.4, -0.2) is 27.8 Å². The summed E-state index contributed by atoms with van der Waals surface area (Å²) < 4.78 is 7.22. The summed E-state index contributed by atoms with van der Waals surface area (Å²) in [5.41, 5.74) is 5.23. The molecule has 1 amide bonds. The number of aryl methyl sites for hydroxylation is 2. The summed E-state index contributed by atoms with van der Waals surface area (Å²) in [7, 11) is 1.71. The normalized spacial score (nSPS) is 15.1. The smallest absolute Gasteiger partial charge is 0.263 e. The summed E-state index contributed by atoms with van der Waals surface area (Å²) in [4.78, 5) is 31.4. The zero-order valence-electron chi connectivity index (χ0n) is 19.3. The highest BCUT2D eigenvalue weighted by Crippen LogP contribution is 2.34. The summed E-state index contributed by atoms with van der Waals surface area (Å²) >= 11 is 2.74. The van der Waals surface area contributed by atoms with Crippen molar-refractivity contribution in [2.24, 2.45) is 7.05 Å². The monoisotopic (exact) mass is 491 g/mol. The Morgan fingerprint density at radius 2 is 2.06 bits per heavy atom. The van der Waals surface area contributed by atoms with Gasteiger partial charge in [0.2, 0.25) is 5.91 Å². The van der Waals surface area contributed by atoms with Crippen LogP contribution in [0.15, 0.2) is 57.8 Å². The topological polar surface area (TPSA) is 73.2 Å². The Kier molecular flexibility index (Phi) is 6.18. The number of amides is 1. The number of nitrogens with zero attached hydrogens (tertiary/aromatic N) is 2. The molecule has 0 saturated heterocycles. The number of ether oxygens (including phenoxy) is 1. The van der Waals surface area contributed by atoms with Crippen molar-refractivity contribution in [3.63, 3.8) is 0 Å². The maximum absolute atomic E-state index is 13.3. The molecule has 5 rings (SSSR count). The Bertz CT molecular complexity index is 1460. The van der Waals surface area contributed by atoms with Crippen molar-refractivity contribution >= 4 is 39.2 Å². The Morgan fingerprint density at radius 1 is 1.24 bits per heavy atom. The lowest BCUT2D eigenvalue weighted by molar-refractivity contribution is -0.119. The molecule has 1 unspecified atom stereocenters. The van der Waals surface area contributed by atoms with E-state index in [1.165, 1.54) is 34.2 Å². The summed E-state index contributed by atoms with van der Waals surface area (Å²) in [6.07, 6.45) is 0.729. The number of thiophene rings is 1. The van der Waals surface area contributed by atoms with Crippen molar-refractivity contribution in [2.75, 3.05) is 12.4 Å². The second kappa shape index (κ2) is 9.27. The fourth-order valence-corrected chi connectivity index (χ4v) is 5.93. The van der Waals surface area contributed by atoms with Gasteiger partial charge in [0.25, 0.3) is 5.56 Å². The highest BCUT2D eigenvalue weighted by atomic mass is 32.2. The predicted molar refractivity (Wildman–Crippen MR) is 138 cm³/mol. The second-order valence-corrected chi connectivity index (χ2v) is 10.3. The Balaban J connectivity index is 1.35. The summed E-state index contributed by atoms with van der Waals surface area (Å²) in [5.74, 6) is 0.905. The number of rotatable bonds is 5. The molecule has 0 spiro atoms. The average molecular weight is 492 g/mol. The van der Waals surface area contributed by atoms with Crippen LogP contribution in [0.25, 0.3) is 21.3 Å². The van der Waals surface area contributed by atoms with Gasteiger partial charge >= 0.3 is 0 Å². The van der Waals surface area contributed by atoms with E-state index >= 15 is 0 Å². The van der Waals surface area contributed by atoms with E-state index in [1.54, 1.807) is 11.6 Å². The van der Waals surface area contributed by atoms with Crippen molar-refractivity contribution in [1.82, 2.24) is 14.9 Å². The number of thioether (sulfide) groups is 1. The SMILES string of the molecule is Cc1ccc(-c2csc3nc(SCC(=O)NC4CCOc5ccccc54)n(C)c(=O)c23)cc1C. The fraction of sp³-hybridized carbons (Fsp3) is 0.269. The van der Waals surface area contributed by atoms with Gasteiger partial charge in [-0.2, -0.15) is 0 Å². The summed E-state index contributed by atoms with van der Waals surface area (Å²) in [6, 6.07) is 13.9. The molecule has 0 radical (unpaired) electrons. The minimum absolute atomic E-state index is 0.0740. The minimum atomic E-state index is -0.0965. The van der Waals surface area contributed by atoms with E-state index in [9.17, 15) is 9.59 Å². The molecule has 1 aliphatic rings. The molecule has 2 aromatic heterocycles. The van der Waals surface area contributed by atoms with Crippen LogP contribution in [0, 0.1) is 13.8 Å². The van der Waals surface area contributed by atoms with Gasteiger partial charge in [-0.15, -0.1) is 11.3 Å². The van der Waals surface area contributed by atoms with Crippen molar-refractivity contribution < 1.29 is 9.53 Å². The van der Waals surface area contributed by atoms with E-state index < -0.39 is 0 Å². The highest BCUT2D eigenvalue weighted by Gasteiger charge is 2.23. The van der Waals surface area contributed by atoms with Crippen LogP contribution in [-0.2, 0) is 11.8 Å². The molecular formula is C26H25N3O3S2. The molecule has 4 aromatic rings. The quantitative estimate of drug-likeness (QED) is 0.314. The van der Waals surface area contributed by atoms with Crippen LogP contribution < -0.4 is 15.6 Å². The number of fused-ring (bicyclic) bond motifs is 2. The largest absolute Gasteiger partial charge is 0.493 e. The van der Waals surface area contributed by atoms with E-state index in [-0.39, 0.29) is 23.3 Å². The van der Waals surface area contributed by atoms with E-state index in [4.69, 9.17) is 9.72 Å². The first-order chi connectivity index (χ1) is 16.4. The Labute approximate surface area is 206 Å². The number of hydrogen-bond donors (Lipinski definition) is 1. The second-order valence-electron chi connectivity index (χ2n) is 8.47. The molecule has 0 fully saturated rings. The van der Waals surface area contributed by atoms with Gasteiger partial charge in [-0.25, -0.2) is 4.98 Å². The van der Waals surface area contributed by atoms with Gasteiger partial charge < -0.3 is 10.1 Å². The van der Waals surface area contributed by atoms with Crippen LogP contribution in [0.5, 0.6) is 5.75 Å². The van der Waals surface area contributed by atoms with Gasteiger partial charge in [0.15, 0.2) is 5.16 Å². The van der Waals surface area contributed by atoms with E-state index in [0.717, 1.165) is 28.9 Å². The fourth-order valence-electron chi connectivity index (χ4n) is 4.16. The first-order valence-electron chi connectivity index (χ1n) is 11.1. The molecule has 8 heteroatoms. The maximum Gasteiger partial charge on any atom is 0.263 e. The lowest BCUT2D eigenvalue weighted by Crippen LogP contribution is -2.33. The molecule has 6 nitrogen and oxygen atoms in total. The molecule has 1 N–H and O–H groups in total. The van der Waals surface area contributed by atoms with Crippen molar-refractivity contribution in [2.45, 2.75) is 31.5 Å². The zero-order chi connectivity index (χ0) is 23.8. The first kappa shape index (κ1) is 22.7. The first-order valence-corrected chi connectivity index (χ1v) is 13.0. The molecule has 0 saturated carbocycles. The molecule has 0 bridgehead atoms. The van der Waals surface area contributed by atoms with E-state index in [2.05, 4.69) is 31.3 Å². The van der Waals surface area contributed by atoms with Gasteiger partial charge in [-0.05, 0) is 36.6 Å². The van der Waals surface area contributed by atoms with Crippen molar-refractivity contribution in [1.29, 1.82) is 0 Å². The Morgan fingerprint density at radius 3 is 2.88 bits per heavy atom. The zero-order valence-corrected chi connectivity index (χ0v) is 20.9. The van der Waals surface area contributed by atoms with Crippen molar-refractivity contribution in [3.8, 4) is 16.9 Å². The standard InChI is InChI=1S/C26H25N3O3S2/c1-15-8-9-17(12-16(15)2)19-13-33-24-23(19)25(31)29(3)26(28-24)34-14-22(30)27-20-10-11-32-21-7-5-4-6-18(20)21/h4-9,12-13,20H,10-11,14H2,1-3H3,(H,27,30). The van der Waals surface area contributed by atoms with Crippen LogP contribution >= 0.6 is 23.1 Å². The van der Waals surface area contributed by atoms with Crippen LogP contribution in [0.3, 0.4) is 0 Å². The molecule has 1 atom stereocenters. The molecule has 2 aromatic carbocycles. The molecular weight excluding hydrogens is 466 g/mol. The number of para-hydroxylation sites is 1. The number of aromatic nitrogens is 2. The Hall–Kier alpha value is -3.10. The number of nitrogens with one attached hydrogen (secondary N) is 1. The third-order valence-corrected chi connectivity index (χ3v) is 8.12. The molecule has 0 aliphatic carbocycles. The van der Waals surface area contributed by atoms with Crippen LogP contribution in [0.1, 0.15) is 29.2 Å².